The van der Waals surface area contributed by atoms with Gasteiger partial charge in [-0.2, -0.15) is 0 Å². The largest absolute Gasteiger partial charge is 0.491 e. The molecule has 1 aromatic heterocycles. The number of nitrogens with two attached hydrogens (primary N) is 1. The number of imide groups is 1. The topological polar surface area (TPSA) is 222 Å². The maximum Gasteiger partial charge on any atom is 0.258 e. The number of carbonyl (C=O) groups is 4. The van der Waals surface area contributed by atoms with Crippen molar-refractivity contribution in [2.75, 3.05) is 46.1 Å². The fraction of sp³-hybridized carbons (Fsp3) is 0.450. The molecule has 0 saturated carbocycles. The van der Waals surface area contributed by atoms with E-state index in [4.69, 9.17) is 9.47 Å². The van der Waals surface area contributed by atoms with Crippen LogP contribution >= 0.6 is 0 Å². The molecule has 16 nitrogen and oxygen atoms in total. The van der Waals surface area contributed by atoms with Crippen LogP contribution in [0.25, 0.3) is 11.1 Å². The molecule has 0 saturated heterocycles. The number of nitrogens with one attached hydrogen (secondary N) is 5. The maximum atomic E-state index is 15.2. The first kappa shape index (κ1) is 64.4. The van der Waals surface area contributed by atoms with Crippen molar-refractivity contribution in [1.29, 1.82) is 0 Å². The number of anilines is 1. The third-order valence-electron chi connectivity index (χ3n) is 12.9. The monoisotopic (exact) mass is 1070 g/mol. The van der Waals surface area contributed by atoms with E-state index in [1.54, 1.807) is 23.6 Å². The van der Waals surface area contributed by atoms with Crippen LogP contribution in [0.1, 0.15) is 130 Å². The Morgan fingerprint density at radius 1 is 0.987 bits per heavy atom. The molecule has 4 aliphatic rings. The number of allylic oxidation sites excluding steroid dienone is 2. The van der Waals surface area contributed by atoms with E-state index < -0.39 is 12.1 Å². The lowest BCUT2D eigenvalue weighted by Gasteiger charge is -2.30. The number of aryl methyl sites for hydroxylation is 1. The fourth-order valence-corrected chi connectivity index (χ4v) is 9.20. The van der Waals surface area contributed by atoms with Crippen LogP contribution < -0.4 is 37.9 Å². The molecule has 1 aliphatic carbocycles. The van der Waals surface area contributed by atoms with Crippen LogP contribution in [-0.2, 0) is 50.1 Å². The zero-order valence-corrected chi connectivity index (χ0v) is 47.1. The average molecular weight is 1070 g/mol. The van der Waals surface area contributed by atoms with Gasteiger partial charge in [0.15, 0.2) is 12.7 Å². The number of fused-ring (bicyclic) bond motifs is 3. The molecule has 77 heavy (non-hydrogen) atoms. The number of amides is 4. The van der Waals surface area contributed by atoms with Crippen molar-refractivity contribution in [3.63, 3.8) is 0 Å². The number of aliphatic hydroxyl groups is 3. The average Bonchev–Trinajstić information content (AvgIpc) is 3.92. The highest BCUT2D eigenvalue weighted by Crippen LogP contribution is 2.45. The summed E-state index contributed by atoms with van der Waals surface area (Å²) in [5, 5.41) is 25.8. The van der Waals surface area contributed by atoms with Crippen LogP contribution in [0.15, 0.2) is 103 Å². The molecule has 3 atom stereocenters. The number of pyridine rings is 1. The van der Waals surface area contributed by atoms with E-state index in [1.165, 1.54) is 29.7 Å². The van der Waals surface area contributed by atoms with Gasteiger partial charge < -0.3 is 51.5 Å². The summed E-state index contributed by atoms with van der Waals surface area (Å²) >= 11 is 0. The molecule has 17 heteroatoms. The van der Waals surface area contributed by atoms with E-state index in [2.05, 4.69) is 72.5 Å². The van der Waals surface area contributed by atoms with Crippen molar-refractivity contribution in [3.05, 3.63) is 159 Å². The number of aromatic nitrogens is 1. The Labute approximate surface area is 455 Å². The summed E-state index contributed by atoms with van der Waals surface area (Å²) in [6.07, 6.45) is 8.29. The highest BCUT2D eigenvalue weighted by molar-refractivity contribution is 6.12. The van der Waals surface area contributed by atoms with E-state index in [0.717, 1.165) is 39.8 Å². The molecule has 0 fully saturated rings. The van der Waals surface area contributed by atoms with Crippen LogP contribution in [-0.4, -0.2) is 95.9 Å². The number of ether oxygens (including phenoxy) is 2. The van der Waals surface area contributed by atoms with Crippen LogP contribution in [0.4, 0.5) is 10.1 Å². The zero-order valence-electron chi connectivity index (χ0n) is 47.1. The SMILES string of the molecule is C=C(CNC(=O)CCCCCN1C(=O)C=CC1=O)NC(CCCNC)C(=O)Nc1ccc(C[OH+][C@H]2CCc3c(C)c(F)cc(C)c3/C2=C2/Cn3c(cc4c(c3=O)COC(=C)C4O)C2=C)cc1.C=CN.CC.CCC.CNC. The summed E-state index contributed by atoms with van der Waals surface area (Å²) in [7, 11) is 5.60. The Morgan fingerprint density at radius 3 is 2.25 bits per heavy atom. The molecule has 0 radical (unpaired) electrons. The van der Waals surface area contributed by atoms with Crippen LogP contribution in [0.3, 0.4) is 0 Å². The number of halogens is 1. The Bertz CT molecular complexity index is 2670. The van der Waals surface area contributed by atoms with Crippen molar-refractivity contribution in [2.24, 2.45) is 5.73 Å². The first-order chi connectivity index (χ1) is 36.9. The van der Waals surface area contributed by atoms with Crippen molar-refractivity contribution in [2.45, 2.75) is 137 Å². The van der Waals surface area contributed by atoms with Gasteiger partial charge >= 0.3 is 0 Å². The number of nitrogens with zero attached hydrogens (tertiary/aromatic N) is 2. The summed E-state index contributed by atoms with van der Waals surface area (Å²) in [5.74, 6) is -1.09. The highest BCUT2D eigenvalue weighted by Gasteiger charge is 2.38. The highest BCUT2D eigenvalue weighted by atomic mass is 19.1. The number of hydrogen-bond acceptors (Lipinski definition) is 11. The van der Waals surface area contributed by atoms with Crippen LogP contribution in [0, 0.1) is 19.7 Å². The predicted octanol–water partition coefficient (Wildman–Crippen LogP) is 7.58. The summed E-state index contributed by atoms with van der Waals surface area (Å²) < 4.78 is 27.6. The third-order valence-corrected chi connectivity index (χ3v) is 12.9. The van der Waals surface area contributed by atoms with Gasteiger partial charge in [-0.25, -0.2) is 4.39 Å². The summed E-state index contributed by atoms with van der Waals surface area (Å²) in [6.45, 7) is 29.2. The Kier molecular flexibility index (Phi) is 27.3. The van der Waals surface area contributed by atoms with Gasteiger partial charge in [-0.1, -0.05) is 66.9 Å². The molecule has 7 rings (SSSR count). The fourth-order valence-electron chi connectivity index (χ4n) is 9.20. The molecule has 2 aromatic carbocycles. The van der Waals surface area contributed by atoms with Gasteiger partial charge in [0.05, 0.1) is 24.3 Å². The lowest BCUT2D eigenvalue weighted by atomic mass is 9.77. The van der Waals surface area contributed by atoms with Crippen LogP contribution in [0.2, 0.25) is 0 Å². The maximum absolute atomic E-state index is 15.2. The number of carbonyl (C=O) groups excluding carboxylic acids is 4. The lowest BCUT2D eigenvalue weighted by Crippen LogP contribution is -2.42. The number of benzene rings is 2. The number of rotatable bonds is 19. The quantitative estimate of drug-likeness (QED) is 0.0352. The van der Waals surface area contributed by atoms with Crippen molar-refractivity contribution < 1.29 is 38.1 Å². The van der Waals surface area contributed by atoms with E-state index in [-0.39, 0.29) is 73.0 Å². The van der Waals surface area contributed by atoms with Crippen molar-refractivity contribution in [1.82, 2.24) is 30.7 Å². The molecule has 2 unspecified atom stereocenters. The normalized spacial score (nSPS) is 17.0. The van der Waals surface area contributed by atoms with E-state index >= 15 is 4.39 Å². The minimum Gasteiger partial charge on any atom is -0.491 e. The molecular formula is C60H86FN8O8+. The molecule has 4 amide bonds. The molecule has 4 heterocycles. The van der Waals surface area contributed by atoms with Gasteiger partial charge in [-0.05, 0) is 150 Å². The van der Waals surface area contributed by atoms with Crippen molar-refractivity contribution in [3.8, 4) is 0 Å². The standard InChI is InChI=1S/C51H59FN6O8.C3H8.C2H7N.C2H5N.C2H6/c1-29-23-40(52)31(3)36-17-18-43(48(47(29)36)38-26-58-42(32(38)4)24-37-39(51(58)64)28-65-33(5)49(37)62)66-27-34-13-15-35(16-14-34)56-50(63)41(11-10-21-53-6)55-30(2)25-54-44(59)12-8-7-9-22-57-45(60)19-20-46(57)61;2*1-3-2;1-2-3;1-2/h13-16,19-20,23-24,41,43,49,53,55,62H,2,4-5,7-12,17-18,21-22,25-28H2,1,3,6H3,(H,54,59)(H,56,63);3H2,1-2H3;3H,1-2H3;2H,1,3H2;1-2H3/p+1/b48-38-;;;;/t41?,43-,49?;;;;/m0..../s1. The van der Waals surface area contributed by atoms with Crippen molar-refractivity contribution >= 4 is 40.5 Å². The predicted molar refractivity (Wildman–Crippen MR) is 308 cm³/mol. The van der Waals surface area contributed by atoms with Gasteiger partial charge in [-0.15, -0.1) is 0 Å². The molecule has 3 aromatic rings. The molecule has 420 valence electrons. The Balaban J connectivity index is 0.00000131. The van der Waals surface area contributed by atoms with E-state index in [9.17, 15) is 29.1 Å². The second-order valence-electron chi connectivity index (χ2n) is 18.9. The van der Waals surface area contributed by atoms with E-state index in [0.29, 0.717) is 97.6 Å². The van der Waals surface area contributed by atoms with Gasteiger partial charge in [0.2, 0.25) is 11.8 Å². The molecule has 0 spiro atoms. The second kappa shape index (κ2) is 32.6. The smallest absolute Gasteiger partial charge is 0.258 e. The van der Waals surface area contributed by atoms with Crippen LogP contribution in [0.5, 0.6) is 0 Å². The van der Waals surface area contributed by atoms with Gasteiger partial charge in [0, 0.05) is 59.6 Å². The Hall–Kier alpha value is -6.92. The molecule has 0 bridgehead atoms. The number of unbranched alkanes of at least 4 members (excludes halogenated alkanes) is 2. The minimum absolute atomic E-state index is 0.0217. The van der Waals surface area contributed by atoms with Gasteiger partial charge in [0.1, 0.15) is 30.3 Å². The van der Waals surface area contributed by atoms with E-state index in [1.807, 2.05) is 66.2 Å². The first-order valence-electron chi connectivity index (χ1n) is 26.8. The summed E-state index contributed by atoms with van der Waals surface area (Å²) in [6, 6.07) is 10.3. The zero-order chi connectivity index (χ0) is 57.4. The number of aliphatic hydroxyl groups excluding tert-OH is 1. The van der Waals surface area contributed by atoms with Gasteiger partial charge in [-0.3, -0.25) is 28.9 Å². The Morgan fingerprint density at radius 2 is 1.62 bits per heavy atom. The number of hydrogen-bond donors (Lipinski definition) is 7. The first-order valence-corrected chi connectivity index (χ1v) is 26.8. The lowest BCUT2D eigenvalue weighted by molar-refractivity contribution is -0.137. The second-order valence-corrected chi connectivity index (χ2v) is 18.9. The molecular weight excluding hydrogens is 980 g/mol. The van der Waals surface area contributed by atoms with Gasteiger partial charge in [0.25, 0.3) is 17.4 Å². The summed E-state index contributed by atoms with van der Waals surface area (Å²) in [5.41, 5.74) is 13.5. The summed E-state index contributed by atoms with van der Waals surface area (Å²) in [4.78, 5) is 64.7. The molecule has 3 aliphatic heterocycles. The third kappa shape index (κ3) is 17.6. The molecule has 9 N–H and O–H groups in total. The minimum atomic E-state index is -1.13.